The Bertz CT molecular complexity index is 875. The van der Waals surface area contributed by atoms with E-state index in [1.165, 1.54) is 0 Å². The van der Waals surface area contributed by atoms with E-state index in [2.05, 4.69) is 6.07 Å². The lowest BCUT2D eigenvalue weighted by atomic mass is 9.88. The number of para-hydroxylation sites is 1. The van der Waals surface area contributed by atoms with Crippen molar-refractivity contribution in [2.24, 2.45) is 0 Å². The molecule has 1 aliphatic heterocycles. The first-order valence-electron chi connectivity index (χ1n) is 7.87. The highest BCUT2D eigenvalue weighted by Gasteiger charge is 2.23. The molecule has 1 N–H and O–H groups in total. The van der Waals surface area contributed by atoms with E-state index in [1.54, 1.807) is 18.2 Å². The number of rotatable bonds is 3. The summed E-state index contributed by atoms with van der Waals surface area (Å²) in [5, 5.41) is 18.9. The van der Waals surface area contributed by atoms with Gasteiger partial charge in [-0.15, -0.1) is 0 Å². The van der Waals surface area contributed by atoms with E-state index in [1.807, 2.05) is 31.2 Å². The van der Waals surface area contributed by atoms with Gasteiger partial charge in [-0.05, 0) is 35.7 Å². The van der Waals surface area contributed by atoms with Gasteiger partial charge in [0, 0.05) is 16.7 Å². The Kier molecular flexibility index (Phi) is 4.35. The third-order valence-corrected chi connectivity index (χ3v) is 4.10. The molecule has 0 unspecified atom stereocenters. The van der Waals surface area contributed by atoms with Crippen LogP contribution in [0.5, 0.6) is 5.75 Å². The van der Waals surface area contributed by atoms with Gasteiger partial charge in [0.05, 0.1) is 11.6 Å². The molecule has 0 saturated carbocycles. The van der Waals surface area contributed by atoms with Gasteiger partial charge in [0.15, 0.2) is 0 Å². The fraction of sp³-hybridized carbons (Fsp3) is 0.200. The van der Waals surface area contributed by atoms with Crippen LogP contribution in [0.25, 0.3) is 5.57 Å². The van der Waals surface area contributed by atoms with Crippen molar-refractivity contribution in [2.75, 3.05) is 0 Å². The maximum atomic E-state index is 11.3. The summed E-state index contributed by atoms with van der Waals surface area (Å²) < 4.78 is 5.88. The number of carboxylic acid groups (broad SMARTS) is 1. The second-order valence-corrected chi connectivity index (χ2v) is 5.68. The zero-order valence-corrected chi connectivity index (χ0v) is 13.4. The fourth-order valence-corrected chi connectivity index (χ4v) is 3.00. The van der Waals surface area contributed by atoms with Crippen LogP contribution in [-0.2, 0) is 6.61 Å². The summed E-state index contributed by atoms with van der Waals surface area (Å²) in [6, 6.07) is 14.9. The number of hydrogen-bond donors (Lipinski definition) is 1. The average molecular weight is 319 g/mol. The van der Waals surface area contributed by atoms with E-state index in [9.17, 15) is 15.2 Å². The van der Waals surface area contributed by atoms with Crippen LogP contribution in [-0.4, -0.2) is 11.1 Å². The highest BCUT2D eigenvalue weighted by molar-refractivity contribution is 5.92. The van der Waals surface area contributed by atoms with E-state index in [0.717, 1.165) is 28.7 Å². The smallest absolute Gasteiger partial charge is 0.335 e. The molecular weight excluding hydrogens is 302 g/mol. The fourth-order valence-electron chi connectivity index (χ4n) is 3.00. The van der Waals surface area contributed by atoms with E-state index < -0.39 is 5.97 Å². The van der Waals surface area contributed by atoms with Gasteiger partial charge in [0.25, 0.3) is 0 Å². The molecule has 120 valence electrons. The summed E-state index contributed by atoms with van der Waals surface area (Å²) in [7, 11) is 0. The molecule has 2 aromatic rings. The van der Waals surface area contributed by atoms with Gasteiger partial charge in [-0.1, -0.05) is 37.6 Å². The van der Waals surface area contributed by atoms with Gasteiger partial charge in [-0.25, -0.2) is 4.79 Å². The minimum absolute atomic E-state index is 0.219. The molecule has 24 heavy (non-hydrogen) atoms. The monoisotopic (exact) mass is 319 g/mol. The van der Waals surface area contributed by atoms with Crippen LogP contribution >= 0.6 is 0 Å². The molecule has 0 bridgehead atoms. The number of carbonyl (C=O) groups is 1. The Morgan fingerprint density at radius 1 is 1.25 bits per heavy atom. The number of nitrogens with zero attached hydrogens (tertiary/aromatic N) is 1. The van der Waals surface area contributed by atoms with Gasteiger partial charge < -0.3 is 9.84 Å². The number of aromatic carboxylic acids is 1. The topological polar surface area (TPSA) is 70.3 Å². The van der Waals surface area contributed by atoms with Crippen LogP contribution in [0.15, 0.2) is 48.0 Å². The molecule has 0 spiro atoms. The van der Waals surface area contributed by atoms with Crippen LogP contribution in [0.3, 0.4) is 0 Å². The van der Waals surface area contributed by atoms with Crippen molar-refractivity contribution in [3.8, 4) is 11.8 Å². The van der Waals surface area contributed by atoms with Crippen molar-refractivity contribution in [3.05, 3.63) is 70.3 Å². The molecule has 2 aromatic carbocycles. The molecule has 0 aromatic heterocycles. The van der Waals surface area contributed by atoms with Crippen molar-refractivity contribution < 1.29 is 14.6 Å². The lowest BCUT2D eigenvalue weighted by Crippen LogP contribution is -2.02. The first kappa shape index (κ1) is 15.8. The summed E-state index contributed by atoms with van der Waals surface area (Å²) in [6.45, 7) is 2.31. The summed E-state index contributed by atoms with van der Waals surface area (Å²) in [5.74, 6) is -0.261. The first-order valence-corrected chi connectivity index (χ1v) is 7.87. The Balaban J connectivity index is 2.30. The second-order valence-electron chi connectivity index (χ2n) is 5.68. The molecule has 0 atom stereocenters. The maximum absolute atomic E-state index is 11.3. The van der Waals surface area contributed by atoms with E-state index >= 15 is 0 Å². The highest BCUT2D eigenvalue weighted by Crippen LogP contribution is 2.39. The second kappa shape index (κ2) is 6.59. The summed E-state index contributed by atoms with van der Waals surface area (Å²) in [6.07, 6.45) is 1.53. The lowest BCUT2D eigenvalue weighted by Gasteiger charge is -2.13. The van der Waals surface area contributed by atoms with Crippen LogP contribution in [0.4, 0.5) is 0 Å². The molecule has 4 nitrogen and oxygen atoms in total. The van der Waals surface area contributed by atoms with Gasteiger partial charge in [0.2, 0.25) is 0 Å². The number of nitriles is 1. The Hall–Kier alpha value is -3.06. The third-order valence-electron chi connectivity index (χ3n) is 4.10. The number of hydrogen-bond acceptors (Lipinski definition) is 3. The van der Waals surface area contributed by atoms with Crippen molar-refractivity contribution in [1.82, 2.24) is 0 Å². The zero-order valence-electron chi connectivity index (χ0n) is 13.4. The van der Waals surface area contributed by atoms with Crippen LogP contribution in [0, 0.1) is 11.3 Å². The molecule has 3 rings (SSSR count). The lowest BCUT2D eigenvalue weighted by molar-refractivity contribution is 0.0696. The molecule has 0 radical (unpaired) electrons. The average Bonchev–Trinajstić information content (AvgIpc) is 2.76. The van der Waals surface area contributed by atoms with Crippen molar-refractivity contribution in [1.29, 1.82) is 5.26 Å². The van der Waals surface area contributed by atoms with Gasteiger partial charge in [0.1, 0.15) is 12.4 Å². The van der Waals surface area contributed by atoms with Crippen LogP contribution in [0.1, 0.15) is 46.8 Å². The highest BCUT2D eigenvalue weighted by atomic mass is 16.5. The minimum atomic E-state index is -0.973. The number of fused-ring (bicyclic) bond motifs is 2. The van der Waals surface area contributed by atoms with Crippen molar-refractivity contribution >= 4 is 11.5 Å². The summed E-state index contributed by atoms with van der Waals surface area (Å²) >= 11 is 0. The van der Waals surface area contributed by atoms with E-state index in [4.69, 9.17) is 4.74 Å². The number of benzene rings is 2. The Morgan fingerprint density at radius 2 is 2.04 bits per heavy atom. The third kappa shape index (κ3) is 2.77. The predicted molar refractivity (Wildman–Crippen MR) is 90.7 cm³/mol. The molecule has 1 heterocycles. The Labute approximate surface area is 140 Å². The minimum Gasteiger partial charge on any atom is -0.488 e. The van der Waals surface area contributed by atoms with Crippen LogP contribution in [0.2, 0.25) is 0 Å². The van der Waals surface area contributed by atoms with Gasteiger partial charge >= 0.3 is 5.97 Å². The van der Waals surface area contributed by atoms with E-state index in [-0.39, 0.29) is 12.2 Å². The quantitative estimate of drug-likeness (QED) is 0.851. The normalized spacial score (nSPS) is 14.5. The number of ether oxygens (including phenoxy) is 1. The maximum Gasteiger partial charge on any atom is 0.335 e. The summed E-state index contributed by atoms with van der Waals surface area (Å²) in [4.78, 5) is 11.3. The van der Waals surface area contributed by atoms with Crippen molar-refractivity contribution in [3.63, 3.8) is 0 Å². The standard InChI is InChI=1S/C20H17NO3/c1-2-5-14(11-21)19-16-9-8-13(20(22)23)10-15(16)12-24-18-7-4-3-6-17(18)19/h3-4,6-10H,2,5,12H2,1H3,(H,22,23). The molecule has 4 heteroatoms. The van der Waals surface area contributed by atoms with E-state index in [0.29, 0.717) is 17.7 Å². The Morgan fingerprint density at radius 3 is 2.75 bits per heavy atom. The number of carboxylic acids is 1. The van der Waals surface area contributed by atoms with Crippen molar-refractivity contribution in [2.45, 2.75) is 26.4 Å². The molecule has 0 fully saturated rings. The van der Waals surface area contributed by atoms with Gasteiger partial charge in [-0.2, -0.15) is 5.26 Å². The number of allylic oxidation sites excluding steroid dienone is 1. The molecule has 0 amide bonds. The zero-order chi connectivity index (χ0) is 17.1. The molecule has 0 aliphatic carbocycles. The molecule has 1 aliphatic rings. The molecule has 0 saturated heterocycles. The SMILES string of the molecule is CCCC(C#N)=C1c2ccc(C(=O)O)cc2COc2ccccc21. The predicted octanol–water partition coefficient (Wildman–Crippen LogP) is 4.40. The van der Waals surface area contributed by atoms with Crippen LogP contribution < -0.4 is 4.74 Å². The molecular formula is C20H17NO3. The largest absolute Gasteiger partial charge is 0.488 e. The first-order chi connectivity index (χ1) is 11.7. The van der Waals surface area contributed by atoms with Gasteiger partial charge in [-0.3, -0.25) is 0 Å². The summed E-state index contributed by atoms with van der Waals surface area (Å²) in [5.41, 5.74) is 4.29.